The van der Waals surface area contributed by atoms with Crippen LogP contribution >= 0.6 is 24.0 Å². The van der Waals surface area contributed by atoms with Crippen LogP contribution in [0.25, 0.3) is 0 Å². The fourth-order valence-corrected chi connectivity index (χ4v) is 1.74. The Kier molecular flexibility index (Phi) is 12.5. The van der Waals surface area contributed by atoms with Crippen molar-refractivity contribution in [2.45, 2.75) is 26.4 Å². The minimum absolute atomic E-state index is 0. The molecule has 1 atom stereocenters. The molecule has 0 aromatic heterocycles. The molecule has 0 spiro atoms. The van der Waals surface area contributed by atoms with Crippen LogP contribution in [0.3, 0.4) is 0 Å². The summed E-state index contributed by atoms with van der Waals surface area (Å²) in [5, 5.41) is 3.05. The molecule has 0 saturated heterocycles. The summed E-state index contributed by atoms with van der Waals surface area (Å²) in [4.78, 5) is 4.26. The molecular weight excluding hydrogens is 409 g/mol. The second-order valence-corrected chi connectivity index (χ2v) is 4.81. The number of nitrogens with zero attached hydrogens (tertiary/aromatic N) is 1. The quantitative estimate of drug-likeness (QED) is 0.255. The fourth-order valence-electron chi connectivity index (χ4n) is 1.74. The summed E-state index contributed by atoms with van der Waals surface area (Å²) in [5.74, 6) is 2.02. The van der Waals surface area contributed by atoms with Gasteiger partial charge < -0.3 is 25.3 Å². The topological polar surface area (TPSA) is 78.1 Å². The first-order valence-electron chi connectivity index (χ1n) is 7.58. The van der Waals surface area contributed by atoms with Gasteiger partial charge in [0.25, 0.3) is 0 Å². The SMILES string of the molecule is CCOCCCNC(N)=NCC(C)Oc1ccc(OC)cc1.I. The van der Waals surface area contributed by atoms with Crippen molar-refractivity contribution in [1.29, 1.82) is 0 Å². The van der Waals surface area contributed by atoms with E-state index in [0.29, 0.717) is 12.5 Å². The van der Waals surface area contributed by atoms with Crippen LogP contribution in [0, 0.1) is 0 Å². The molecule has 7 heteroatoms. The van der Waals surface area contributed by atoms with Crippen LogP contribution in [-0.4, -0.2) is 45.5 Å². The molecule has 1 aromatic carbocycles. The van der Waals surface area contributed by atoms with Crippen LogP contribution in [0.4, 0.5) is 0 Å². The Hall–Kier alpha value is -1.22. The van der Waals surface area contributed by atoms with Gasteiger partial charge in [0, 0.05) is 19.8 Å². The van der Waals surface area contributed by atoms with Gasteiger partial charge in [0.1, 0.15) is 17.6 Å². The maximum Gasteiger partial charge on any atom is 0.188 e. The summed E-state index contributed by atoms with van der Waals surface area (Å²) in [6.07, 6.45) is 0.847. The van der Waals surface area contributed by atoms with Crippen LogP contribution in [0.5, 0.6) is 11.5 Å². The predicted molar refractivity (Wildman–Crippen MR) is 104 cm³/mol. The number of ether oxygens (including phenoxy) is 3. The largest absolute Gasteiger partial charge is 0.497 e. The number of halogens is 1. The highest BCUT2D eigenvalue weighted by Crippen LogP contribution is 2.18. The molecule has 0 fully saturated rings. The summed E-state index contributed by atoms with van der Waals surface area (Å²) in [5.41, 5.74) is 5.79. The number of rotatable bonds is 10. The van der Waals surface area contributed by atoms with Crippen molar-refractivity contribution >= 4 is 29.9 Å². The molecule has 0 aliphatic heterocycles. The Bertz CT molecular complexity index is 441. The number of hydrogen-bond acceptors (Lipinski definition) is 4. The van der Waals surface area contributed by atoms with Gasteiger partial charge in [-0.2, -0.15) is 0 Å². The number of methoxy groups -OCH3 is 1. The van der Waals surface area contributed by atoms with E-state index in [0.717, 1.165) is 37.7 Å². The molecule has 0 saturated carbocycles. The number of hydrogen-bond donors (Lipinski definition) is 2. The van der Waals surface area contributed by atoms with E-state index in [9.17, 15) is 0 Å². The summed E-state index contributed by atoms with van der Waals surface area (Å²) >= 11 is 0. The van der Waals surface area contributed by atoms with Gasteiger partial charge in [0.05, 0.1) is 13.7 Å². The van der Waals surface area contributed by atoms with E-state index in [-0.39, 0.29) is 30.1 Å². The summed E-state index contributed by atoms with van der Waals surface area (Å²) in [7, 11) is 1.64. The highest BCUT2D eigenvalue weighted by Gasteiger charge is 2.04. The molecular formula is C16H28IN3O3. The van der Waals surface area contributed by atoms with E-state index in [1.54, 1.807) is 7.11 Å². The third-order valence-electron chi connectivity index (χ3n) is 2.89. The molecule has 0 aliphatic carbocycles. The zero-order valence-corrected chi connectivity index (χ0v) is 16.4. The van der Waals surface area contributed by atoms with Gasteiger partial charge in [0.15, 0.2) is 5.96 Å². The number of nitrogens with one attached hydrogen (secondary N) is 1. The first-order valence-corrected chi connectivity index (χ1v) is 7.58. The van der Waals surface area contributed by atoms with Gasteiger partial charge in [-0.3, -0.25) is 0 Å². The Morgan fingerprint density at radius 1 is 1.26 bits per heavy atom. The molecule has 6 nitrogen and oxygen atoms in total. The monoisotopic (exact) mass is 437 g/mol. The lowest BCUT2D eigenvalue weighted by Crippen LogP contribution is -2.34. The van der Waals surface area contributed by atoms with E-state index in [1.165, 1.54) is 0 Å². The number of aliphatic imine (C=N–C) groups is 1. The van der Waals surface area contributed by atoms with Crippen LogP contribution in [-0.2, 0) is 4.74 Å². The van der Waals surface area contributed by atoms with E-state index in [1.807, 2.05) is 38.1 Å². The number of benzene rings is 1. The van der Waals surface area contributed by atoms with Crippen molar-refractivity contribution in [3.05, 3.63) is 24.3 Å². The zero-order valence-electron chi connectivity index (χ0n) is 14.1. The highest BCUT2D eigenvalue weighted by molar-refractivity contribution is 14.0. The number of nitrogens with two attached hydrogens (primary N) is 1. The van der Waals surface area contributed by atoms with Gasteiger partial charge in [-0.05, 0) is 44.5 Å². The average Bonchev–Trinajstić information content (AvgIpc) is 2.53. The van der Waals surface area contributed by atoms with E-state index < -0.39 is 0 Å². The first kappa shape index (κ1) is 21.8. The average molecular weight is 437 g/mol. The van der Waals surface area contributed by atoms with Gasteiger partial charge in [-0.25, -0.2) is 4.99 Å². The second kappa shape index (κ2) is 13.2. The molecule has 0 radical (unpaired) electrons. The van der Waals surface area contributed by atoms with Crippen molar-refractivity contribution in [1.82, 2.24) is 5.32 Å². The third-order valence-corrected chi connectivity index (χ3v) is 2.89. The normalized spacial score (nSPS) is 12.2. The second-order valence-electron chi connectivity index (χ2n) is 4.81. The van der Waals surface area contributed by atoms with Gasteiger partial charge in [-0.1, -0.05) is 0 Å². The molecule has 1 aromatic rings. The molecule has 1 unspecified atom stereocenters. The molecule has 132 valence electrons. The van der Waals surface area contributed by atoms with Crippen molar-refractivity contribution in [2.24, 2.45) is 10.7 Å². The molecule has 0 aliphatic rings. The Balaban J connectivity index is 0.00000484. The van der Waals surface area contributed by atoms with Crippen LogP contribution in [0.15, 0.2) is 29.3 Å². The van der Waals surface area contributed by atoms with Crippen molar-refractivity contribution in [3.8, 4) is 11.5 Å². The molecule has 3 N–H and O–H groups in total. The molecule has 23 heavy (non-hydrogen) atoms. The maximum absolute atomic E-state index is 5.79. The smallest absolute Gasteiger partial charge is 0.188 e. The summed E-state index contributed by atoms with van der Waals surface area (Å²) in [6.45, 7) is 6.65. The minimum Gasteiger partial charge on any atom is -0.497 e. The van der Waals surface area contributed by atoms with E-state index in [2.05, 4.69) is 10.3 Å². The molecule has 1 rings (SSSR count). The zero-order chi connectivity index (χ0) is 16.2. The standard InChI is InChI=1S/C16H27N3O3.HI/c1-4-21-11-5-10-18-16(17)19-12-13(2)22-15-8-6-14(20-3)7-9-15;/h6-9,13H,4-5,10-12H2,1-3H3,(H3,17,18,19);1H. The van der Waals surface area contributed by atoms with E-state index in [4.69, 9.17) is 19.9 Å². The Morgan fingerprint density at radius 3 is 2.52 bits per heavy atom. The van der Waals surface area contributed by atoms with Gasteiger partial charge in [-0.15, -0.1) is 24.0 Å². The van der Waals surface area contributed by atoms with Crippen molar-refractivity contribution in [2.75, 3.05) is 33.4 Å². The van der Waals surface area contributed by atoms with Crippen LogP contribution < -0.4 is 20.5 Å². The lowest BCUT2D eigenvalue weighted by molar-refractivity contribution is 0.145. The first-order chi connectivity index (χ1) is 10.7. The van der Waals surface area contributed by atoms with Gasteiger partial charge >= 0.3 is 0 Å². The maximum atomic E-state index is 5.79. The van der Waals surface area contributed by atoms with Gasteiger partial charge in [0.2, 0.25) is 0 Å². The number of guanidine groups is 1. The van der Waals surface area contributed by atoms with Crippen LogP contribution in [0.2, 0.25) is 0 Å². The van der Waals surface area contributed by atoms with Crippen molar-refractivity contribution in [3.63, 3.8) is 0 Å². The molecule has 0 bridgehead atoms. The highest BCUT2D eigenvalue weighted by atomic mass is 127. The lowest BCUT2D eigenvalue weighted by Gasteiger charge is -2.13. The summed E-state index contributed by atoms with van der Waals surface area (Å²) < 4.78 is 16.1. The third kappa shape index (κ3) is 10.2. The summed E-state index contributed by atoms with van der Waals surface area (Å²) in [6, 6.07) is 7.46. The minimum atomic E-state index is -0.0582. The molecule has 0 heterocycles. The Labute approximate surface area is 155 Å². The Morgan fingerprint density at radius 2 is 1.91 bits per heavy atom. The van der Waals surface area contributed by atoms with Crippen molar-refractivity contribution < 1.29 is 14.2 Å². The lowest BCUT2D eigenvalue weighted by atomic mass is 10.3. The van der Waals surface area contributed by atoms with E-state index >= 15 is 0 Å². The fraction of sp³-hybridized carbons (Fsp3) is 0.562. The predicted octanol–water partition coefficient (Wildman–Crippen LogP) is 2.41. The van der Waals surface area contributed by atoms with Crippen LogP contribution in [0.1, 0.15) is 20.3 Å². The molecule has 0 amide bonds.